The summed E-state index contributed by atoms with van der Waals surface area (Å²) < 4.78 is 49.2. The summed E-state index contributed by atoms with van der Waals surface area (Å²) in [5.41, 5.74) is 1.02. The first-order valence-electron chi connectivity index (χ1n) is 7.01. The molecule has 1 heterocycles. The summed E-state index contributed by atoms with van der Waals surface area (Å²) in [6, 6.07) is 5.56. The van der Waals surface area contributed by atoms with E-state index in [1.807, 2.05) is 13.8 Å². The normalized spacial score (nSPS) is 25.0. The zero-order valence-corrected chi connectivity index (χ0v) is 14.4. The van der Waals surface area contributed by atoms with E-state index >= 15 is 0 Å². The zero-order chi connectivity index (χ0) is 16.7. The van der Waals surface area contributed by atoms with Gasteiger partial charge in [-0.1, -0.05) is 26.0 Å². The Morgan fingerprint density at radius 2 is 1.73 bits per heavy atom. The molecule has 1 saturated heterocycles. The number of sulfone groups is 1. The molecule has 1 N–H and O–H groups in total. The van der Waals surface area contributed by atoms with Gasteiger partial charge in [-0.3, -0.25) is 0 Å². The molecule has 1 aliphatic heterocycles. The Bertz CT molecular complexity index is 738. The van der Waals surface area contributed by atoms with E-state index in [1.54, 1.807) is 12.1 Å². The fraction of sp³-hybridized carbons (Fsp3) is 0.571. The van der Waals surface area contributed by atoms with Gasteiger partial charge in [0.1, 0.15) is 0 Å². The predicted molar refractivity (Wildman–Crippen MR) is 83.9 cm³/mol. The number of rotatable bonds is 4. The second-order valence-corrected chi connectivity index (χ2v) is 10.1. The maximum atomic E-state index is 12.6. The van der Waals surface area contributed by atoms with Crippen LogP contribution < -0.4 is 0 Å². The van der Waals surface area contributed by atoms with Gasteiger partial charge in [0, 0.05) is 7.05 Å². The summed E-state index contributed by atoms with van der Waals surface area (Å²) in [6.45, 7) is 4.02. The van der Waals surface area contributed by atoms with Crippen LogP contribution >= 0.6 is 0 Å². The van der Waals surface area contributed by atoms with E-state index < -0.39 is 37.8 Å². The van der Waals surface area contributed by atoms with E-state index in [0.29, 0.717) is 0 Å². The van der Waals surface area contributed by atoms with Gasteiger partial charge in [-0.2, -0.15) is 4.31 Å². The van der Waals surface area contributed by atoms with Crippen LogP contribution in [0.1, 0.15) is 25.3 Å². The van der Waals surface area contributed by atoms with Crippen molar-refractivity contribution in [2.24, 2.45) is 0 Å². The monoisotopic (exact) mass is 347 g/mol. The second-order valence-electron chi connectivity index (χ2n) is 5.96. The largest absolute Gasteiger partial charge is 0.390 e. The average Bonchev–Trinajstić information content (AvgIpc) is 2.71. The summed E-state index contributed by atoms with van der Waals surface area (Å²) >= 11 is 0. The maximum Gasteiger partial charge on any atom is 0.243 e. The van der Waals surface area contributed by atoms with Crippen LogP contribution in [0.2, 0.25) is 0 Å². The minimum Gasteiger partial charge on any atom is -0.390 e. The van der Waals surface area contributed by atoms with E-state index in [4.69, 9.17) is 0 Å². The highest BCUT2D eigenvalue weighted by Crippen LogP contribution is 2.25. The number of likely N-dealkylation sites (N-methyl/N-ethyl adjacent to an activating group) is 1. The molecule has 0 bridgehead atoms. The number of aliphatic hydroxyl groups is 1. The molecule has 22 heavy (non-hydrogen) atoms. The second kappa shape index (κ2) is 5.92. The highest BCUT2D eigenvalue weighted by Gasteiger charge is 2.42. The molecule has 8 heteroatoms. The van der Waals surface area contributed by atoms with E-state index in [1.165, 1.54) is 19.2 Å². The highest BCUT2D eigenvalue weighted by atomic mass is 32.2. The lowest BCUT2D eigenvalue weighted by molar-refractivity contribution is 0.137. The maximum absolute atomic E-state index is 12.6. The lowest BCUT2D eigenvalue weighted by atomic mass is 10.0. The molecule has 1 aromatic rings. The summed E-state index contributed by atoms with van der Waals surface area (Å²) in [4.78, 5) is 0.0934. The van der Waals surface area contributed by atoms with Crippen molar-refractivity contribution >= 4 is 19.9 Å². The molecular weight excluding hydrogens is 326 g/mol. The van der Waals surface area contributed by atoms with Gasteiger partial charge in [0.25, 0.3) is 0 Å². The fourth-order valence-electron chi connectivity index (χ4n) is 2.53. The average molecular weight is 347 g/mol. The Kier molecular flexibility index (Phi) is 4.68. The smallest absolute Gasteiger partial charge is 0.243 e. The van der Waals surface area contributed by atoms with Crippen LogP contribution in [-0.4, -0.2) is 56.9 Å². The molecule has 0 unspecified atom stereocenters. The van der Waals surface area contributed by atoms with Crippen LogP contribution in [-0.2, 0) is 19.9 Å². The van der Waals surface area contributed by atoms with Gasteiger partial charge in [0.15, 0.2) is 9.84 Å². The lowest BCUT2D eigenvalue weighted by Crippen LogP contribution is -2.44. The first-order chi connectivity index (χ1) is 10.0. The Labute approximate surface area is 131 Å². The predicted octanol–water partition coefficient (Wildman–Crippen LogP) is 0.588. The first kappa shape index (κ1) is 17.4. The topological polar surface area (TPSA) is 91.8 Å². The Balaban J connectivity index is 2.30. The molecule has 2 rings (SSSR count). The summed E-state index contributed by atoms with van der Waals surface area (Å²) in [7, 11) is -5.94. The van der Waals surface area contributed by atoms with Crippen molar-refractivity contribution in [2.75, 3.05) is 18.6 Å². The molecule has 0 saturated carbocycles. The first-order valence-corrected chi connectivity index (χ1v) is 10.3. The van der Waals surface area contributed by atoms with Gasteiger partial charge in [0.05, 0.1) is 28.5 Å². The molecule has 0 spiro atoms. The number of aliphatic hydroxyl groups excluding tert-OH is 1. The molecule has 6 nitrogen and oxygen atoms in total. The standard InChI is InChI=1S/C14H21NO5S2/c1-10(2)11-4-6-12(7-5-11)22(19,20)15(3)13-8-21(17,18)9-14(13)16/h4-7,10,13-14,16H,8-9H2,1-3H3/t13-,14-/m0/s1. The number of hydrogen-bond acceptors (Lipinski definition) is 5. The van der Waals surface area contributed by atoms with Gasteiger partial charge in [-0.15, -0.1) is 0 Å². The van der Waals surface area contributed by atoms with Crippen molar-refractivity contribution in [2.45, 2.75) is 36.8 Å². The van der Waals surface area contributed by atoms with Crippen LogP contribution in [0.25, 0.3) is 0 Å². The van der Waals surface area contributed by atoms with Gasteiger partial charge in [-0.05, 0) is 23.6 Å². The molecule has 0 aromatic heterocycles. The van der Waals surface area contributed by atoms with Crippen molar-refractivity contribution in [3.8, 4) is 0 Å². The van der Waals surface area contributed by atoms with Crippen LogP contribution in [0.15, 0.2) is 29.2 Å². The number of nitrogens with zero attached hydrogens (tertiary/aromatic N) is 1. The molecule has 0 aliphatic carbocycles. The van der Waals surface area contributed by atoms with Gasteiger partial charge < -0.3 is 5.11 Å². The van der Waals surface area contributed by atoms with Gasteiger partial charge in [-0.25, -0.2) is 16.8 Å². The van der Waals surface area contributed by atoms with E-state index in [2.05, 4.69) is 0 Å². The molecule has 1 aromatic carbocycles. The third-order valence-corrected chi connectivity index (χ3v) is 7.58. The number of benzene rings is 1. The van der Waals surface area contributed by atoms with Gasteiger partial charge in [0.2, 0.25) is 10.0 Å². The van der Waals surface area contributed by atoms with Crippen LogP contribution in [0.5, 0.6) is 0 Å². The summed E-state index contributed by atoms with van der Waals surface area (Å²) in [5, 5.41) is 9.84. The highest BCUT2D eigenvalue weighted by molar-refractivity contribution is 7.92. The Morgan fingerprint density at radius 3 is 2.14 bits per heavy atom. The van der Waals surface area contributed by atoms with Crippen molar-refractivity contribution in [1.82, 2.24) is 4.31 Å². The van der Waals surface area contributed by atoms with Crippen molar-refractivity contribution in [3.63, 3.8) is 0 Å². The van der Waals surface area contributed by atoms with Crippen LogP contribution in [0, 0.1) is 0 Å². The molecule has 124 valence electrons. The third-order valence-electron chi connectivity index (χ3n) is 3.98. The molecule has 0 radical (unpaired) electrons. The molecular formula is C14H21NO5S2. The molecule has 0 amide bonds. The van der Waals surface area contributed by atoms with Gasteiger partial charge >= 0.3 is 0 Å². The lowest BCUT2D eigenvalue weighted by Gasteiger charge is -2.25. The fourth-order valence-corrected chi connectivity index (χ4v) is 5.85. The quantitative estimate of drug-likeness (QED) is 0.860. The Hall–Kier alpha value is -0.960. The summed E-state index contributed by atoms with van der Waals surface area (Å²) in [6.07, 6.45) is -1.19. The van der Waals surface area contributed by atoms with Crippen LogP contribution in [0.4, 0.5) is 0 Å². The number of hydrogen-bond donors (Lipinski definition) is 1. The van der Waals surface area contributed by atoms with E-state index in [-0.39, 0.29) is 16.6 Å². The molecule has 1 fully saturated rings. The summed E-state index contributed by atoms with van der Waals surface area (Å²) in [5.74, 6) is -0.464. The van der Waals surface area contributed by atoms with Crippen molar-refractivity contribution in [3.05, 3.63) is 29.8 Å². The van der Waals surface area contributed by atoms with E-state index in [0.717, 1.165) is 9.87 Å². The number of sulfonamides is 1. The molecule has 1 aliphatic rings. The third kappa shape index (κ3) is 3.34. The van der Waals surface area contributed by atoms with E-state index in [9.17, 15) is 21.9 Å². The SMILES string of the molecule is CC(C)c1ccc(S(=O)(=O)N(C)[C@H]2CS(=O)(=O)C[C@@H]2O)cc1. The minimum absolute atomic E-state index is 0.0934. The molecule has 2 atom stereocenters. The van der Waals surface area contributed by atoms with Crippen LogP contribution in [0.3, 0.4) is 0 Å². The van der Waals surface area contributed by atoms with Crippen molar-refractivity contribution < 1.29 is 21.9 Å². The Morgan fingerprint density at radius 1 is 1.18 bits per heavy atom. The minimum atomic E-state index is -3.84. The van der Waals surface area contributed by atoms with Crippen molar-refractivity contribution in [1.29, 1.82) is 0 Å². The zero-order valence-electron chi connectivity index (χ0n) is 12.8.